The van der Waals surface area contributed by atoms with Gasteiger partial charge < -0.3 is 14.0 Å². The highest BCUT2D eigenvalue weighted by Crippen LogP contribution is 2.41. The molecule has 0 N–H and O–H groups in total. The lowest BCUT2D eigenvalue weighted by Gasteiger charge is -2.23. The number of esters is 1. The zero-order valence-electron chi connectivity index (χ0n) is 23.0. The molecule has 0 fully saturated rings. The van der Waals surface area contributed by atoms with Gasteiger partial charge in [-0.05, 0) is 72.5 Å². The summed E-state index contributed by atoms with van der Waals surface area (Å²) in [6, 6.07) is 27.1. The number of halogens is 1. The molecule has 0 bridgehead atoms. The zero-order valence-corrected chi connectivity index (χ0v) is 23.8. The first-order valence-corrected chi connectivity index (χ1v) is 13.7. The number of anilines is 2. The van der Waals surface area contributed by atoms with Gasteiger partial charge in [-0.15, -0.1) is 0 Å². The fourth-order valence-corrected chi connectivity index (χ4v) is 4.93. The standard InChI is InChI=1S/C33H29ClN2O5/c1-4-39-30(37)18-22-10-12-23(13-11-22)24-14-15-26-20-27(17-16-25(26)19-24)32-31(21(3)35-41-32)36(33(38)40-5-2)29-9-7-6-8-28(29)34/h6-17,19-20H,4-5,18H2,1-3H3. The van der Waals surface area contributed by atoms with Crippen molar-refractivity contribution >= 4 is 45.8 Å². The Morgan fingerprint density at radius 2 is 1.46 bits per heavy atom. The van der Waals surface area contributed by atoms with E-state index in [1.165, 1.54) is 4.90 Å². The van der Waals surface area contributed by atoms with E-state index in [9.17, 15) is 9.59 Å². The summed E-state index contributed by atoms with van der Waals surface area (Å²) >= 11 is 6.50. The van der Waals surface area contributed by atoms with Gasteiger partial charge >= 0.3 is 12.1 Å². The molecule has 0 unspecified atom stereocenters. The van der Waals surface area contributed by atoms with Crippen molar-refractivity contribution in [2.24, 2.45) is 0 Å². The number of hydrogen-bond acceptors (Lipinski definition) is 6. The highest BCUT2D eigenvalue weighted by molar-refractivity contribution is 6.34. The smallest absolute Gasteiger partial charge is 0.419 e. The second kappa shape index (κ2) is 12.3. The maximum absolute atomic E-state index is 13.2. The molecule has 0 aliphatic rings. The zero-order chi connectivity index (χ0) is 28.9. The lowest BCUT2D eigenvalue weighted by Crippen LogP contribution is -2.27. The molecule has 1 aromatic heterocycles. The van der Waals surface area contributed by atoms with Crippen LogP contribution < -0.4 is 4.90 Å². The Bertz CT molecular complexity index is 1710. The topological polar surface area (TPSA) is 81.9 Å². The van der Waals surface area contributed by atoms with Crippen molar-refractivity contribution in [1.82, 2.24) is 5.16 Å². The predicted molar refractivity (Wildman–Crippen MR) is 161 cm³/mol. The lowest BCUT2D eigenvalue weighted by atomic mass is 9.98. The number of fused-ring (bicyclic) bond motifs is 1. The minimum absolute atomic E-state index is 0.200. The molecule has 0 aliphatic heterocycles. The number of para-hydroxylation sites is 1. The van der Waals surface area contributed by atoms with Gasteiger partial charge in [0.25, 0.3) is 0 Å². The van der Waals surface area contributed by atoms with E-state index in [1.807, 2.05) is 54.6 Å². The molecular weight excluding hydrogens is 540 g/mol. The third-order valence-corrected chi connectivity index (χ3v) is 6.96. The van der Waals surface area contributed by atoms with Crippen LogP contribution in [0.2, 0.25) is 5.02 Å². The molecule has 4 aromatic carbocycles. The first kappa shape index (κ1) is 27.9. The summed E-state index contributed by atoms with van der Waals surface area (Å²) < 4.78 is 16.2. The maximum atomic E-state index is 13.2. The SMILES string of the molecule is CCOC(=O)Cc1ccc(-c2ccc3cc(-c4onc(C)c4N(C(=O)OCC)c4ccccc4Cl)ccc3c2)cc1. The number of carbonyl (C=O) groups is 2. The lowest BCUT2D eigenvalue weighted by molar-refractivity contribution is -0.142. The molecule has 5 rings (SSSR count). The Labute approximate surface area is 243 Å². The largest absolute Gasteiger partial charge is 0.466 e. The fraction of sp³-hybridized carbons (Fsp3) is 0.182. The highest BCUT2D eigenvalue weighted by Gasteiger charge is 2.30. The number of rotatable bonds is 8. The van der Waals surface area contributed by atoms with Crippen LogP contribution in [0.1, 0.15) is 25.1 Å². The quantitative estimate of drug-likeness (QED) is 0.174. The third-order valence-electron chi connectivity index (χ3n) is 6.64. The van der Waals surface area contributed by atoms with E-state index in [0.29, 0.717) is 34.5 Å². The number of aryl methyl sites for hydroxylation is 1. The highest BCUT2D eigenvalue weighted by atomic mass is 35.5. The summed E-state index contributed by atoms with van der Waals surface area (Å²) in [7, 11) is 0. The molecule has 208 valence electrons. The summed E-state index contributed by atoms with van der Waals surface area (Å²) in [6.07, 6.45) is -0.325. The number of amides is 1. The van der Waals surface area contributed by atoms with Crippen LogP contribution in [0.5, 0.6) is 0 Å². The van der Waals surface area contributed by atoms with Gasteiger partial charge in [-0.1, -0.05) is 77.4 Å². The van der Waals surface area contributed by atoms with E-state index in [-0.39, 0.29) is 19.0 Å². The van der Waals surface area contributed by atoms with Crippen LogP contribution in [0.4, 0.5) is 16.2 Å². The Kier molecular flexibility index (Phi) is 8.36. The number of nitrogens with zero attached hydrogens (tertiary/aromatic N) is 2. The van der Waals surface area contributed by atoms with Gasteiger partial charge in [-0.3, -0.25) is 4.79 Å². The minimum Gasteiger partial charge on any atom is -0.466 e. The molecular formula is C33H29ClN2O5. The average molecular weight is 569 g/mol. The van der Waals surface area contributed by atoms with E-state index >= 15 is 0 Å². The summed E-state index contributed by atoms with van der Waals surface area (Å²) in [5.41, 5.74) is 5.22. The molecule has 1 amide bonds. The average Bonchev–Trinajstić information content (AvgIpc) is 3.35. The third kappa shape index (κ3) is 5.95. The van der Waals surface area contributed by atoms with Crippen molar-refractivity contribution in [2.45, 2.75) is 27.2 Å². The van der Waals surface area contributed by atoms with E-state index in [1.54, 1.807) is 45.0 Å². The van der Waals surface area contributed by atoms with Gasteiger partial charge in [0.05, 0.1) is 30.3 Å². The number of ether oxygens (including phenoxy) is 2. The van der Waals surface area contributed by atoms with Crippen molar-refractivity contribution < 1.29 is 23.6 Å². The molecule has 5 aromatic rings. The number of carbonyl (C=O) groups excluding carboxylic acids is 2. The Morgan fingerprint density at radius 1 is 0.829 bits per heavy atom. The minimum atomic E-state index is -0.577. The molecule has 1 heterocycles. The van der Waals surface area contributed by atoms with Crippen LogP contribution in [0.25, 0.3) is 33.2 Å². The molecule has 7 nitrogen and oxygen atoms in total. The predicted octanol–water partition coefficient (Wildman–Crippen LogP) is 8.52. The Morgan fingerprint density at radius 3 is 2.15 bits per heavy atom. The Balaban J connectivity index is 1.48. The molecule has 0 radical (unpaired) electrons. The Hall–Kier alpha value is -4.62. The van der Waals surface area contributed by atoms with E-state index in [0.717, 1.165) is 33.0 Å². The van der Waals surface area contributed by atoms with Crippen LogP contribution in [-0.4, -0.2) is 30.4 Å². The molecule has 0 aliphatic carbocycles. The second-order valence-corrected chi connectivity index (χ2v) is 9.79. The molecule has 0 saturated carbocycles. The first-order valence-electron chi connectivity index (χ1n) is 13.4. The van der Waals surface area contributed by atoms with Gasteiger partial charge in [-0.25, -0.2) is 9.69 Å². The monoisotopic (exact) mass is 568 g/mol. The van der Waals surface area contributed by atoms with Gasteiger partial charge in [0.1, 0.15) is 11.4 Å². The van der Waals surface area contributed by atoms with E-state index in [2.05, 4.69) is 11.2 Å². The van der Waals surface area contributed by atoms with Crippen LogP contribution in [0.15, 0.2) is 89.5 Å². The van der Waals surface area contributed by atoms with E-state index < -0.39 is 6.09 Å². The summed E-state index contributed by atoms with van der Waals surface area (Å²) in [5, 5.41) is 6.61. The molecule has 0 saturated heterocycles. The van der Waals surface area contributed by atoms with Crippen LogP contribution in [0, 0.1) is 6.92 Å². The molecule has 41 heavy (non-hydrogen) atoms. The molecule has 0 spiro atoms. The van der Waals surface area contributed by atoms with Crippen molar-refractivity contribution in [3.05, 3.63) is 101 Å². The van der Waals surface area contributed by atoms with Crippen LogP contribution in [0.3, 0.4) is 0 Å². The van der Waals surface area contributed by atoms with Crippen molar-refractivity contribution in [1.29, 1.82) is 0 Å². The van der Waals surface area contributed by atoms with Gasteiger partial charge in [0.15, 0.2) is 5.76 Å². The van der Waals surface area contributed by atoms with Gasteiger partial charge in [0, 0.05) is 5.56 Å². The number of aromatic nitrogens is 1. The van der Waals surface area contributed by atoms with Crippen molar-refractivity contribution in [2.75, 3.05) is 18.1 Å². The van der Waals surface area contributed by atoms with Gasteiger partial charge in [0.2, 0.25) is 0 Å². The van der Waals surface area contributed by atoms with E-state index in [4.69, 9.17) is 25.6 Å². The van der Waals surface area contributed by atoms with Gasteiger partial charge in [-0.2, -0.15) is 0 Å². The maximum Gasteiger partial charge on any atom is 0.419 e. The molecule has 0 atom stereocenters. The van der Waals surface area contributed by atoms with Crippen LogP contribution >= 0.6 is 11.6 Å². The van der Waals surface area contributed by atoms with Crippen LogP contribution in [-0.2, 0) is 20.7 Å². The summed E-state index contributed by atoms with van der Waals surface area (Å²) in [5.74, 6) is 0.197. The first-order chi connectivity index (χ1) is 19.9. The van der Waals surface area contributed by atoms with Crippen molar-refractivity contribution in [3.63, 3.8) is 0 Å². The van der Waals surface area contributed by atoms with Crippen molar-refractivity contribution in [3.8, 4) is 22.5 Å². The second-order valence-electron chi connectivity index (χ2n) is 9.39. The summed E-state index contributed by atoms with van der Waals surface area (Å²) in [4.78, 5) is 26.4. The number of benzene rings is 4. The normalized spacial score (nSPS) is 10.9. The molecule has 8 heteroatoms. The summed E-state index contributed by atoms with van der Waals surface area (Å²) in [6.45, 7) is 5.90. The number of hydrogen-bond donors (Lipinski definition) is 0. The fourth-order valence-electron chi connectivity index (χ4n) is 4.71.